The maximum absolute atomic E-state index is 12.3. The van der Waals surface area contributed by atoms with Gasteiger partial charge < -0.3 is 19.6 Å². The molecule has 14 nitrogen and oxygen atoms in total. The number of ether oxygens (including phenoxy) is 2. The van der Waals surface area contributed by atoms with Crippen molar-refractivity contribution in [1.29, 1.82) is 0 Å². The molecule has 15 heteroatoms. The van der Waals surface area contributed by atoms with Crippen LogP contribution < -0.4 is 27.0 Å². The van der Waals surface area contributed by atoms with Crippen molar-refractivity contribution in [3.63, 3.8) is 0 Å². The summed E-state index contributed by atoms with van der Waals surface area (Å²) in [5.74, 6) is 6.05. The van der Waals surface area contributed by atoms with E-state index < -0.39 is 23.4 Å². The molecule has 0 saturated heterocycles. The molecule has 0 saturated carbocycles. The lowest BCUT2D eigenvalue weighted by molar-refractivity contribution is -0.0980. The minimum absolute atomic E-state index is 0.130. The number of amides is 3. The van der Waals surface area contributed by atoms with E-state index in [1.54, 1.807) is 49.8 Å². The highest BCUT2D eigenvalue weighted by molar-refractivity contribution is 6.32. The highest BCUT2D eigenvalue weighted by Crippen LogP contribution is 2.24. The van der Waals surface area contributed by atoms with Crippen LogP contribution in [-0.2, 0) is 14.3 Å². The topological polar surface area (TPSA) is 190 Å². The average molecular weight is 877 g/mol. The molecule has 0 unspecified atom stereocenters. The largest absolute Gasteiger partial charge is 0.443 e. The molecule has 0 aliphatic carbocycles. The summed E-state index contributed by atoms with van der Waals surface area (Å²) in [5.41, 5.74) is 13.8. The summed E-state index contributed by atoms with van der Waals surface area (Å²) in [4.78, 5) is 62.3. The van der Waals surface area contributed by atoms with E-state index in [0.29, 0.717) is 34.0 Å². The summed E-state index contributed by atoms with van der Waals surface area (Å²) in [6.07, 6.45) is 6.36. The Kier molecular flexibility index (Phi) is 25.9. The van der Waals surface area contributed by atoms with Crippen molar-refractivity contribution in [1.82, 2.24) is 37.0 Å². The molecule has 2 heterocycles. The summed E-state index contributed by atoms with van der Waals surface area (Å²) in [7, 11) is 1.60. The monoisotopic (exact) mass is 875 g/mol. The number of hydrogen-bond donors (Lipinski definition) is 5. The number of carbonyl (C=O) groups is 5. The Bertz CT molecular complexity index is 2060. The van der Waals surface area contributed by atoms with Crippen LogP contribution in [0, 0.1) is 11.8 Å². The van der Waals surface area contributed by atoms with Crippen LogP contribution in [0.4, 0.5) is 9.59 Å². The molecule has 2 aromatic heterocycles. The fourth-order valence-corrected chi connectivity index (χ4v) is 4.82. The van der Waals surface area contributed by atoms with Crippen molar-refractivity contribution in [3.05, 3.63) is 94.3 Å². The number of aldehydes is 1. The number of hydrogen-bond acceptors (Lipinski definition) is 11. The number of unbranched alkanes of at least 4 members (excludes halogenated alkanes) is 2. The Labute approximate surface area is 373 Å². The van der Waals surface area contributed by atoms with Crippen LogP contribution in [0.2, 0.25) is 5.02 Å². The van der Waals surface area contributed by atoms with Crippen LogP contribution in [0.15, 0.2) is 67.0 Å². The van der Waals surface area contributed by atoms with Gasteiger partial charge in [-0.1, -0.05) is 69.2 Å². The molecule has 0 fully saturated rings. The first-order valence-corrected chi connectivity index (χ1v) is 20.6. The maximum Gasteiger partial charge on any atom is 0.422 e. The highest BCUT2D eigenvalue weighted by atomic mass is 35.5. The second kappa shape index (κ2) is 28.6. The number of rotatable bonds is 9. The molecule has 0 atom stereocenters. The number of carbonyl (C=O) groups excluding carboxylic acids is 5. The molecule has 4 rings (SSSR count). The van der Waals surface area contributed by atoms with E-state index in [4.69, 9.17) is 25.9 Å². The molecule has 62 heavy (non-hydrogen) atoms. The van der Waals surface area contributed by atoms with Crippen LogP contribution in [0.25, 0.3) is 22.2 Å². The first-order valence-electron chi connectivity index (χ1n) is 20.3. The van der Waals surface area contributed by atoms with Crippen molar-refractivity contribution in [2.45, 2.75) is 119 Å². The van der Waals surface area contributed by atoms with E-state index >= 15 is 0 Å². The van der Waals surface area contributed by atoms with E-state index in [0.717, 1.165) is 47.6 Å². The zero-order valence-corrected chi connectivity index (χ0v) is 39.3. The van der Waals surface area contributed by atoms with Crippen molar-refractivity contribution in [3.8, 4) is 23.1 Å². The number of aromatic nitrogens is 2. The van der Waals surface area contributed by atoms with Gasteiger partial charge in [-0.2, -0.15) is 0 Å². The molecule has 0 spiro atoms. The predicted octanol–water partition coefficient (Wildman–Crippen LogP) is 9.38. The Hall–Kier alpha value is -5.88. The van der Waals surface area contributed by atoms with Gasteiger partial charge in [0.25, 0.3) is 5.91 Å². The van der Waals surface area contributed by atoms with Crippen molar-refractivity contribution in [2.75, 3.05) is 13.6 Å². The molecular formula is C47H66ClN7O7. The average Bonchev–Trinajstić information content (AvgIpc) is 3.21. The molecular weight excluding hydrogens is 810 g/mol. The predicted molar refractivity (Wildman–Crippen MR) is 249 cm³/mol. The molecule has 2 aromatic carbocycles. The summed E-state index contributed by atoms with van der Waals surface area (Å²) in [6, 6.07) is 16.3. The number of pyridine rings is 2. The van der Waals surface area contributed by atoms with Gasteiger partial charge in [0.2, 0.25) is 0 Å². The first kappa shape index (κ1) is 56.1. The number of halogens is 1. The lowest BCUT2D eigenvalue weighted by Crippen LogP contribution is -2.50. The first-order chi connectivity index (χ1) is 29.1. The third-order valence-electron chi connectivity index (χ3n) is 7.15. The fourth-order valence-electron chi connectivity index (χ4n) is 4.59. The number of fused-ring (bicyclic) bond motifs is 1. The Balaban J connectivity index is 0.00000113. The minimum Gasteiger partial charge on any atom is -0.443 e. The molecule has 5 N–H and O–H groups in total. The van der Waals surface area contributed by atoms with Gasteiger partial charge in [-0.15, -0.1) is 0 Å². The normalized spacial score (nSPS) is 10.4. The zero-order valence-electron chi connectivity index (χ0n) is 38.6. The molecule has 0 bridgehead atoms. The Morgan fingerprint density at radius 2 is 1.42 bits per heavy atom. The Morgan fingerprint density at radius 1 is 0.823 bits per heavy atom. The smallest absolute Gasteiger partial charge is 0.422 e. The van der Waals surface area contributed by atoms with Gasteiger partial charge in [0, 0.05) is 64.7 Å². The lowest BCUT2D eigenvalue weighted by Gasteiger charge is -2.24. The Morgan fingerprint density at radius 3 is 1.94 bits per heavy atom. The minimum atomic E-state index is -0.463. The van der Waals surface area contributed by atoms with Crippen LogP contribution in [0.5, 0.6) is 0 Å². The standard InChI is InChI=1S/C29H24ClN3O2.C9H20N2O2.C6H14N2O2.C2H6.CH2O/c1-2-3-4-14-32-29(35)23-12-11-21(26(30)16-23)8-5-20-6-9-22(10-7-20)28-17-24(19-34)25-18-31-15-13-27(25)33-28;1-8(2,3)11-10-7(12)13-9(4,5)6;1-6(2,3)10-5(9)8-7-4;2*1-2/h6-7,9-13,15-19H,2-4,14H2,1H3,(H,32,35);11H,1-6H3,(H,10,12);7H,1-4H3,(H,8,9);1-2H3;1H2. The van der Waals surface area contributed by atoms with E-state index in [2.05, 4.69) is 55.8 Å². The van der Waals surface area contributed by atoms with Crippen LogP contribution in [0.1, 0.15) is 134 Å². The van der Waals surface area contributed by atoms with E-state index in [9.17, 15) is 19.2 Å². The third-order valence-corrected chi connectivity index (χ3v) is 7.47. The van der Waals surface area contributed by atoms with Gasteiger partial charge in [0.05, 0.1) is 16.2 Å². The van der Waals surface area contributed by atoms with E-state index in [-0.39, 0.29) is 11.4 Å². The summed E-state index contributed by atoms with van der Waals surface area (Å²) in [5, 5.41) is 4.08. The summed E-state index contributed by atoms with van der Waals surface area (Å²) < 4.78 is 9.89. The van der Waals surface area contributed by atoms with E-state index in [1.807, 2.05) is 107 Å². The van der Waals surface area contributed by atoms with Crippen LogP contribution in [-0.4, -0.2) is 71.5 Å². The van der Waals surface area contributed by atoms with Crippen LogP contribution in [0.3, 0.4) is 0 Å². The molecule has 338 valence electrons. The number of nitrogens with zero attached hydrogens (tertiary/aromatic N) is 2. The number of hydrazine groups is 2. The fraction of sp³-hybridized carbons (Fsp3) is 0.426. The van der Waals surface area contributed by atoms with E-state index in [1.165, 1.54) is 0 Å². The van der Waals surface area contributed by atoms with Gasteiger partial charge >= 0.3 is 12.2 Å². The quantitative estimate of drug-likeness (QED) is 0.0466. The lowest BCUT2D eigenvalue weighted by atomic mass is 10.0. The second-order valence-corrected chi connectivity index (χ2v) is 16.4. The van der Waals surface area contributed by atoms with Gasteiger partial charge in [-0.3, -0.25) is 25.4 Å². The van der Waals surface area contributed by atoms with Crippen molar-refractivity contribution in [2.24, 2.45) is 0 Å². The van der Waals surface area contributed by atoms with Crippen molar-refractivity contribution < 1.29 is 33.4 Å². The number of benzene rings is 2. The second-order valence-electron chi connectivity index (χ2n) is 16.0. The van der Waals surface area contributed by atoms with Gasteiger partial charge in [-0.05, 0) is 111 Å². The molecule has 3 amide bonds. The zero-order chi connectivity index (χ0) is 47.5. The van der Waals surface area contributed by atoms with Crippen molar-refractivity contribution >= 4 is 53.7 Å². The van der Waals surface area contributed by atoms with Gasteiger partial charge in [-0.25, -0.2) is 25.4 Å². The highest BCUT2D eigenvalue weighted by Gasteiger charge is 2.18. The van der Waals surface area contributed by atoms with Gasteiger partial charge in [0.1, 0.15) is 18.0 Å². The number of nitrogens with one attached hydrogen (secondary N) is 5. The summed E-state index contributed by atoms with van der Waals surface area (Å²) >= 11 is 6.38. The summed E-state index contributed by atoms with van der Waals surface area (Å²) in [6.45, 7) is 25.5. The molecule has 0 radical (unpaired) electrons. The molecule has 0 aliphatic rings. The molecule has 4 aromatic rings. The third kappa shape index (κ3) is 23.8. The maximum atomic E-state index is 12.3. The molecule has 0 aliphatic heterocycles. The van der Waals surface area contributed by atoms with Crippen LogP contribution >= 0.6 is 11.6 Å². The SMILES string of the molecule is C=O.CC.CC(C)(C)NNC(=O)OC(C)(C)C.CCCCCNC(=O)c1ccc(C#Cc2ccc(-c3cc(C=O)c4cnccc4n3)cc2)c(Cl)c1.CNNC(=O)OC(C)(C)C. The van der Waals surface area contributed by atoms with Gasteiger partial charge in [0.15, 0.2) is 6.29 Å².